The Morgan fingerprint density at radius 3 is 2.38 bits per heavy atom. The number of fused-ring (bicyclic) bond motifs is 1. The van der Waals surface area contributed by atoms with Gasteiger partial charge in [-0.1, -0.05) is 6.08 Å². The molecule has 3 unspecified atom stereocenters. The van der Waals surface area contributed by atoms with Crippen LogP contribution in [0.5, 0.6) is 0 Å². The summed E-state index contributed by atoms with van der Waals surface area (Å²) in [6.45, 7) is 12.5. The van der Waals surface area contributed by atoms with E-state index in [-0.39, 0.29) is 35.1 Å². The van der Waals surface area contributed by atoms with Crippen molar-refractivity contribution < 1.29 is 19.1 Å². The molecular formula is C20H32N2O4. The number of nitrogens with one attached hydrogen (secondary N) is 2. The fourth-order valence-electron chi connectivity index (χ4n) is 5.30. The number of amides is 2. The molecule has 0 aromatic heterocycles. The second-order valence-electron chi connectivity index (χ2n) is 9.13. The summed E-state index contributed by atoms with van der Waals surface area (Å²) in [4.78, 5) is 25.4. The Morgan fingerprint density at radius 1 is 1.19 bits per heavy atom. The predicted molar refractivity (Wildman–Crippen MR) is 98.2 cm³/mol. The molecule has 146 valence electrons. The van der Waals surface area contributed by atoms with Crippen molar-refractivity contribution in [2.24, 2.45) is 17.8 Å². The Labute approximate surface area is 156 Å². The van der Waals surface area contributed by atoms with E-state index in [0.717, 1.165) is 12.8 Å². The molecule has 0 bridgehead atoms. The molecule has 26 heavy (non-hydrogen) atoms. The van der Waals surface area contributed by atoms with Gasteiger partial charge < -0.3 is 20.1 Å². The Bertz CT molecular complexity index is 591. The third-order valence-electron chi connectivity index (χ3n) is 5.99. The lowest BCUT2D eigenvalue weighted by Crippen LogP contribution is -2.64. The maximum atomic E-state index is 13.3. The fraction of sp³-hybridized carbons (Fsp3) is 0.800. The standard InChI is InChI=1S/C20H32N2O4/c1-6-7-16-15-12-19(25-8-9-26-19)10-14(15)11-20(16,21-13(2)23)17(24)22-18(3,4)5/h6,14-16H,1,7-12H2,2-5H3,(H,21,23)(H,22,24)/t14?,15?,16?,20-/m1/s1. The second-order valence-corrected chi connectivity index (χ2v) is 9.13. The van der Waals surface area contributed by atoms with Gasteiger partial charge >= 0.3 is 0 Å². The van der Waals surface area contributed by atoms with Crippen LogP contribution in [-0.4, -0.2) is 41.9 Å². The monoisotopic (exact) mass is 364 g/mol. The van der Waals surface area contributed by atoms with Crippen LogP contribution in [0.2, 0.25) is 0 Å². The first-order valence-electron chi connectivity index (χ1n) is 9.61. The number of allylic oxidation sites excluding steroid dienone is 1. The van der Waals surface area contributed by atoms with Gasteiger partial charge in [-0.05, 0) is 51.4 Å². The minimum absolute atomic E-state index is 0.0107. The summed E-state index contributed by atoms with van der Waals surface area (Å²) in [5.74, 6) is -0.213. The zero-order valence-electron chi connectivity index (χ0n) is 16.4. The van der Waals surface area contributed by atoms with Gasteiger partial charge in [0.05, 0.1) is 13.2 Å². The highest BCUT2D eigenvalue weighted by Crippen LogP contribution is 2.58. The molecule has 1 saturated heterocycles. The first-order valence-corrected chi connectivity index (χ1v) is 9.61. The molecule has 3 rings (SSSR count). The highest BCUT2D eigenvalue weighted by atomic mass is 16.7. The van der Waals surface area contributed by atoms with E-state index in [0.29, 0.717) is 26.1 Å². The zero-order chi connectivity index (χ0) is 19.2. The van der Waals surface area contributed by atoms with Crippen LogP contribution in [-0.2, 0) is 19.1 Å². The minimum atomic E-state index is -0.900. The lowest BCUT2D eigenvalue weighted by molar-refractivity contribution is -0.159. The van der Waals surface area contributed by atoms with Gasteiger partial charge in [-0.2, -0.15) is 0 Å². The van der Waals surface area contributed by atoms with Crippen molar-refractivity contribution in [3.63, 3.8) is 0 Å². The molecular weight excluding hydrogens is 332 g/mol. The number of carbonyl (C=O) groups excluding carboxylic acids is 2. The van der Waals surface area contributed by atoms with E-state index in [1.807, 2.05) is 26.8 Å². The van der Waals surface area contributed by atoms with E-state index in [9.17, 15) is 9.59 Å². The molecule has 1 spiro atoms. The van der Waals surface area contributed by atoms with E-state index in [4.69, 9.17) is 9.47 Å². The lowest BCUT2D eigenvalue weighted by atomic mass is 9.78. The van der Waals surface area contributed by atoms with Crippen molar-refractivity contribution in [2.45, 2.75) is 70.2 Å². The highest BCUT2D eigenvalue weighted by molar-refractivity contribution is 5.92. The average Bonchev–Trinajstić information content (AvgIpc) is 3.15. The largest absolute Gasteiger partial charge is 0.349 e. The van der Waals surface area contributed by atoms with Crippen molar-refractivity contribution in [2.75, 3.05) is 13.2 Å². The van der Waals surface area contributed by atoms with Crippen molar-refractivity contribution in [3.8, 4) is 0 Å². The molecule has 1 heterocycles. The number of hydrogen-bond acceptors (Lipinski definition) is 4. The number of ether oxygens (including phenoxy) is 2. The third kappa shape index (κ3) is 3.41. The maximum absolute atomic E-state index is 13.3. The first-order chi connectivity index (χ1) is 12.1. The summed E-state index contributed by atoms with van der Waals surface area (Å²) in [6, 6.07) is 0. The van der Waals surface area contributed by atoms with Crippen LogP contribution in [0.3, 0.4) is 0 Å². The fourth-order valence-corrected chi connectivity index (χ4v) is 5.30. The molecule has 2 saturated carbocycles. The molecule has 0 aromatic carbocycles. The Kier molecular flexibility index (Phi) is 4.95. The van der Waals surface area contributed by atoms with Crippen molar-refractivity contribution in [1.82, 2.24) is 10.6 Å². The first kappa shape index (κ1) is 19.4. The molecule has 3 fully saturated rings. The topological polar surface area (TPSA) is 76.7 Å². The van der Waals surface area contributed by atoms with Gasteiger partial charge in [0.25, 0.3) is 0 Å². The van der Waals surface area contributed by atoms with Gasteiger partial charge in [-0.3, -0.25) is 9.59 Å². The molecule has 6 nitrogen and oxygen atoms in total. The van der Waals surface area contributed by atoms with E-state index in [2.05, 4.69) is 17.2 Å². The lowest BCUT2D eigenvalue weighted by Gasteiger charge is -2.39. The number of carbonyl (C=O) groups is 2. The summed E-state index contributed by atoms with van der Waals surface area (Å²) >= 11 is 0. The Hall–Kier alpha value is -1.40. The Morgan fingerprint density at radius 2 is 1.85 bits per heavy atom. The molecule has 3 aliphatic rings. The van der Waals surface area contributed by atoms with E-state index in [1.165, 1.54) is 6.92 Å². The quantitative estimate of drug-likeness (QED) is 0.750. The maximum Gasteiger partial charge on any atom is 0.246 e. The summed E-state index contributed by atoms with van der Waals surface area (Å²) in [5, 5.41) is 6.14. The summed E-state index contributed by atoms with van der Waals surface area (Å²) in [5.41, 5.74) is -1.26. The van der Waals surface area contributed by atoms with Crippen LogP contribution in [0.25, 0.3) is 0 Å². The van der Waals surface area contributed by atoms with Gasteiger partial charge in [0.2, 0.25) is 11.8 Å². The molecule has 6 heteroatoms. The van der Waals surface area contributed by atoms with Crippen LogP contribution in [0.4, 0.5) is 0 Å². The van der Waals surface area contributed by atoms with Crippen LogP contribution in [0.1, 0.15) is 53.4 Å². The average molecular weight is 364 g/mol. The smallest absolute Gasteiger partial charge is 0.246 e. The number of rotatable bonds is 4. The molecule has 0 radical (unpaired) electrons. The Balaban J connectivity index is 1.92. The van der Waals surface area contributed by atoms with Crippen molar-refractivity contribution in [3.05, 3.63) is 12.7 Å². The number of hydrogen-bond donors (Lipinski definition) is 2. The van der Waals surface area contributed by atoms with Crippen LogP contribution < -0.4 is 10.6 Å². The van der Waals surface area contributed by atoms with Crippen molar-refractivity contribution >= 4 is 11.8 Å². The second kappa shape index (κ2) is 6.64. The van der Waals surface area contributed by atoms with Gasteiger partial charge in [0.1, 0.15) is 5.54 Å². The van der Waals surface area contributed by atoms with Crippen LogP contribution in [0, 0.1) is 17.8 Å². The summed E-state index contributed by atoms with van der Waals surface area (Å²) in [6.07, 6.45) is 4.71. The molecule has 2 aliphatic carbocycles. The van der Waals surface area contributed by atoms with E-state index in [1.54, 1.807) is 0 Å². The highest BCUT2D eigenvalue weighted by Gasteiger charge is 2.64. The van der Waals surface area contributed by atoms with Gasteiger partial charge in [-0.25, -0.2) is 0 Å². The molecule has 2 N–H and O–H groups in total. The third-order valence-corrected chi connectivity index (χ3v) is 5.99. The minimum Gasteiger partial charge on any atom is -0.349 e. The zero-order valence-corrected chi connectivity index (χ0v) is 16.4. The van der Waals surface area contributed by atoms with Gasteiger partial charge in [-0.15, -0.1) is 6.58 Å². The van der Waals surface area contributed by atoms with E-state index >= 15 is 0 Å². The SMILES string of the molecule is C=CCC1C2CC3(CC2C[C@]1(NC(C)=O)C(=O)NC(C)(C)C)OCCO3. The predicted octanol–water partition coefficient (Wildman–Crippen LogP) is 2.14. The summed E-state index contributed by atoms with van der Waals surface area (Å²) < 4.78 is 11.8. The molecule has 2 amide bonds. The normalized spacial score (nSPS) is 35.3. The van der Waals surface area contributed by atoms with Crippen LogP contribution in [0.15, 0.2) is 12.7 Å². The summed E-state index contributed by atoms with van der Waals surface area (Å²) in [7, 11) is 0. The van der Waals surface area contributed by atoms with Crippen LogP contribution >= 0.6 is 0 Å². The molecule has 4 atom stereocenters. The van der Waals surface area contributed by atoms with Gasteiger partial charge in [0, 0.05) is 25.3 Å². The molecule has 0 aromatic rings. The molecule has 1 aliphatic heterocycles. The van der Waals surface area contributed by atoms with Crippen molar-refractivity contribution in [1.29, 1.82) is 0 Å². The van der Waals surface area contributed by atoms with E-state index < -0.39 is 11.3 Å². The van der Waals surface area contributed by atoms with Gasteiger partial charge in [0.15, 0.2) is 5.79 Å².